The Morgan fingerprint density at radius 2 is 2.28 bits per heavy atom. The van der Waals surface area contributed by atoms with Crippen molar-refractivity contribution in [1.29, 1.82) is 0 Å². The number of aromatic carboxylic acids is 1. The van der Waals surface area contributed by atoms with Crippen LogP contribution in [0.3, 0.4) is 0 Å². The molecule has 0 spiro atoms. The molecule has 0 radical (unpaired) electrons. The second-order valence-electron chi connectivity index (χ2n) is 4.03. The van der Waals surface area contributed by atoms with Gasteiger partial charge in [0.15, 0.2) is 0 Å². The minimum Gasteiger partial charge on any atom is -0.486 e. The molecule has 0 aliphatic rings. The zero-order valence-corrected chi connectivity index (χ0v) is 10.3. The minimum atomic E-state index is -0.994. The largest absolute Gasteiger partial charge is 0.486 e. The van der Waals surface area contributed by atoms with Crippen molar-refractivity contribution >= 4 is 5.97 Å². The van der Waals surface area contributed by atoms with Gasteiger partial charge in [-0.2, -0.15) is 0 Å². The summed E-state index contributed by atoms with van der Waals surface area (Å²) in [5, 5.41) is 8.90. The molecular weight excluding hydrogens is 232 g/mol. The van der Waals surface area contributed by atoms with Gasteiger partial charge in [0, 0.05) is 7.05 Å². The number of benzene rings is 1. The zero-order valence-electron chi connectivity index (χ0n) is 10.3. The van der Waals surface area contributed by atoms with Crippen LogP contribution in [0.15, 0.2) is 30.5 Å². The summed E-state index contributed by atoms with van der Waals surface area (Å²) in [6, 6.07) is 7.66. The summed E-state index contributed by atoms with van der Waals surface area (Å²) in [5.74, 6) is 0.329. The molecule has 0 bridgehead atoms. The molecule has 0 saturated heterocycles. The maximum atomic E-state index is 10.9. The normalized spacial score (nSPS) is 10.3. The Hall–Kier alpha value is -2.30. The lowest BCUT2D eigenvalue weighted by atomic mass is 10.2. The van der Waals surface area contributed by atoms with E-state index in [1.807, 2.05) is 31.2 Å². The topological polar surface area (TPSA) is 64.3 Å². The molecule has 18 heavy (non-hydrogen) atoms. The van der Waals surface area contributed by atoms with Crippen LogP contribution >= 0.6 is 0 Å². The third-order valence-corrected chi connectivity index (χ3v) is 2.66. The van der Waals surface area contributed by atoms with Crippen molar-refractivity contribution in [2.75, 3.05) is 0 Å². The maximum absolute atomic E-state index is 10.9. The summed E-state index contributed by atoms with van der Waals surface area (Å²) in [7, 11) is 1.66. The van der Waals surface area contributed by atoms with Gasteiger partial charge in [0.05, 0.1) is 6.20 Å². The molecule has 2 aromatic rings. The van der Waals surface area contributed by atoms with Crippen molar-refractivity contribution in [3.63, 3.8) is 0 Å². The molecule has 1 heterocycles. The summed E-state index contributed by atoms with van der Waals surface area (Å²) in [4.78, 5) is 14.9. The lowest BCUT2D eigenvalue weighted by Gasteiger charge is -2.07. The number of aromatic nitrogens is 2. The van der Waals surface area contributed by atoms with E-state index in [0.29, 0.717) is 5.82 Å². The molecule has 2 rings (SSSR count). The number of hydrogen-bond donors (Lipinski definition) is 1. The summed E-state index contributed by atoms with van der Waals surface area (Å²) in [6.45, 7) is 2.23. The first-order chi connectivity index (χ1) is 8.58. The molecule has 0 fully saturated rings. The van der Waals surface area contributed by atoms with E-state index in [1.165, 1.54) is 10.8 Å². The van der Waals surface area contributed by atoms with Crippen molar-refractivity contribution in [1.82, 2.24) is 9.55 Å². The molecule has 0 saturated carbocycles. The van der Waals surface area contributed by atoms with E-state index in [2.05, 4.69) is 4.98 Å². The van der Waals surface area contributed by atoms with E-state index in [1.54, 1.807) is 7.05 Å². The van der Waals surface area contributed by atoms with Crippen LogP contribution in [-0.2, 0) is 13.7 Å². The molecule has 1 aromatic heterocycles. The monoisotopic (exact) mass is 246 g/mol. The molecule has 5 heteroatoms. The summed E-state index contributed by atoms with van der Waals surface area (Å²) in [6.07, 6.45) is 1.33. The highest BCUT2D eigenvalue weighted by Crippen LogP contribution is 2.14. The molecule has 0 aliphatic carbocycles. The van der Waals surface area contributed by atoms with Gasteiger partial charge in [-0.05, 0) is 24.6 Å². The van der Waals surface area contributed by atoms with Gasteiger partial charge in [-0.1, -0.05) is 12.1 Å². The predicted molar refractivity (Wildman–Crippen MR) is 65.7 cm³/mol. The predicted octanol–water partition coefficient (Wildman–Crippen LogP) is 2.01. The quantitative estimate of drug-likeness (QED) is 0.896. The van der Waals surface area contributed by atoms with Gasteiger partial charge in [-0.15, -0.1) is 0 Å². The molecular formula is C13H14N2O3. The fourth-order valence-corrected chi connectivity index (χ4v) is 1.63. The Kier molecular flexibility index (Phi) is 3.32. The Morgan fingerprint density at radius 1 is 1.50 bits per heavy atom. The number of carbonyl (C=O) groups is 1. The highest BCUT2D eigenvalue weighted by molar-refractivity contribution is 5.85. The number of ether oxygens (including phenoxy) is 1. The number of carboxylic acids is 1. The summed E-state index contributed by atoms with van der Waals surface area (Å²) in [5.41, 5.74) is 1.26. The first-order valence-electron chi connectivity index (χ1n) is 5.51. The fourth-order valence-electron chi connectivity index (χ4n) is 1.63. The van der Waals surface area contributed by atoms with Gasteiger partial charge in [0.1, 0.15) is 23.9 Å². The number of rotatable bonds is 4. The van der Waals surface area contributed by atoms with Crippen molar-refractivity contribution in [2.24, 2.45) is 7.05 Å². The van der Waals surface area contributed by atoms with Crippen molar-refractivity contribution in [3.8, 4) is 5.75 Å². The molecule has 1 aromatic carbocycles. The highest BCUT2D eigenvalue weighted by Gasteiger charge is 2.12. The van der Waals surface area contributed by atoms with Gasteiger partial charge >= 0.3 is 5.97 Å². The smallest absolute Gasteiger partial charge is 0.354 e. The van der Waals surface area contributed by atoms with Crippen LogP contribution in [0.4, 0.5) is 0 Å². The number of carboxylic acid groups (broad SMARTS) is 1. The number of nitrogens with zero attached hydrogens (tertiary/aromatic N) is 2. The highest BCUT2D eigenvalue weighted by atomic mass is 16.5. The van der Waals surface area contributed by atoms with Gasteiger partial charge in [0.25, 0.3) is 0 Å². The number of aryl methyl sites for hydroxylation is 1. The summed E-state index contributed by atoms with van der Waals surface area (Å²) < 4.78 is 7.08. The van der Waals surface area contributed by atoms with Crippen LogP contribution in [0.5, 0.6) is 5.75 Å². The minimum absolute atomic E-state index is 0.151. The lowest BCUT2D eigenvalue weighted by Crippen LogP contribution is -2.09. The third-order valence-electron chi connectivity index (χ3n) is 2.66. The van der Waals surface area contributed by atoms with E-state index in [9.17, 15) is 4.79 Å². The molecule has 0 amide bonds. The Bertz CT molecular complexity index is 575. The van der Waals surface area contributed by atoms with Gasteiger partial charge in [-0.3, -0.25) is 0 Å². The standard InChI is InChI=1S/C13H14N2O3/c1-9-4-3-5-10(6-9)18-8-12-14-7-11(13(16)17)15(12)2/h3-7H,8H2,1-2H3,(H,16,17). The van der Waals surface area contributed by atoms with Crippen molar-refractivity contribution in [3.05, 3.63) is 47.5 Å². The molecule has 5 nitrogen and oxygen atoms in total. The van der Waals surface area contributed by atoms with Crippen LogP contribution in [-0.4, -0.2) is 20.6 Å². The van der Waals surface area contributed by atoms with E-state index in [-0.39, 0.29) is 12.3 Å². The van der Waals surface area contributed by atoms with Crippen LogP contribution in [0.2, 0.25) is 0 Å². The first-order valence-corrected chi connectivity index (χ1v) is 5.51. The number of hydrogen-bond acceptors (Lipinski definition) is 3. The molecule has 0 aliphatic heterocycles. The van der Waals surface area contributed by atoms with Crippen molar-refractivity contribution in [2.45, 2.75) is 13.5 Å². The third kappa shape index (κ3) is 2.51. The lowest BCUT2D eigenvalue weighted by molar-refractivity contribution is 0.0686. The number of imidazole rings is 1. The van der Waals surface area contributed by atoms with Crippen LogP contribution in [0.25, 0.3) is 0 Å². The maximum Gasteiger partial charge on any atom is 0.354 e. The zero-order chi connectivity index (χ0) is 13.1. The van der Waals surface area contributed by atoms with Crippen LogP contribution < -0.4 is 4.74 Å². The molecule has 1 N–H and O–H groups in total. The van der Waals surface area contributed by atoms with Gasteiger partial charge in [-0.25, -0.2) is 9.78 Å². The SMILES string of the molecule is Cc1cccc(OCc2ncc(C(=O)O)n2C)c1. The van der Waals surface area contributed by atoms with Gasteiger partial charge < -0.3 is 14.4 Å². The fraction of sp³-hybridized carbons (Fsp3) is 0.231. The Balaban J connectivity index is 2.09. The van der Waals surface area contributed by atoms with Gasteiger partial charge in [0.2, 0.25) is 0 Å². The molecule has 0 atom stereocenters. The molecule has 0 unspecified atom stereocenters. The summed E-state index contributed by atoms with van der Waals surface area (Å²) >= 11 is 0. The average Bonchev–Trinajstić information content (AvgIpc) is 2.68. The van der Waals surface area contributed by atoms with E-state index in [0.717, 1.165) is 11.3 Å². The van der Waals surface area contributed by atoms with E-state index in [4.69, 9.17) is 9.84 Å². The Morgan fingerprint density at radius 3 is 2.89 bits per heavy atom. The first kappa shape index (κ1) is 12.2. The molecule has 94 valence electrons. The Labute approximate surface area is 105 Å². The average molecular weight is 246 g/mol. The van der Waals surface area contributed by atoms with Crippen LogP contribution in [0.1, 0.15) is 21.9 Å². The second kappa shape index (κ2) is 4.91. The van der Waals surface area contributed by atoms with E-state index >= 15 is 0 Å². The second-order valence-corrected chi connectivity index (χ2v) is 4.03. The van der Waals surface area contributed by atoms with Crippen LogP contribution in [0, 0.1) is 6.92 Å². The van der Waals surface area contributed by atoms with E-state index < -0.39 is 5.97 Å². The van der Waals surface area contributed by atoms with Crippen molar-refractivity contribution < 1.29 is 14.6 Å².